The first kappa shape index (κ1) is 29.6. The fourth-order valence-corrected chi connectivity index (χ4v) is 6.53. The molecule has 0 radical (unpaired) electrons. The lowest BCUT2D eigenvalue weighted by atomic mass is 10.1. The zero-order chi connectivity index (χ0) is 29.6. The maximum absolute atomic E-state index is 13.6. The summed E-state index contributed by atoms with van der Waals surface area (Å²) in [5.41, 5.74) is 2.96. The molecule has 1 amide bonds. The molecule has 0 aliphatic rings. The number of anilines is 3. The van der Waals surface area contributed by atoms with Gasteiger partial charge in [-0.05, 0) is 92.6 Å². The van der Waals surface area contributed by atoms with Crippen molar-refractivity contribution in [3.05, 3.63) is 108 Å². The van der Waals surface area contributed by atoms with Crippen LogP contribution in [0.25, 0.3) is 0 Å². The van der Waals surface area contributed by atoms with Gasteiger partial charge in [0.25, 0.3) is 20.0 Å². The maximum atomic E-state index is 13.6. The van der Waals surface area contributed by atoms with E-state index in [0.717, 1.165) is 15.4 Å². The number of carbonyl (C=O) groups excluding carboxylic acids is 1. The molecule has 0 atom stereocenters. The van der Waals surface area contributed by atoms with Crippen LogP contribution >= 0.6 is 0 Å². The van der Waals surface area contributed by atoms with Gasteiger partial charge in [0.2, 0.25) is 5.91 Å². The highest BCUT2D eigenvalue weighted by Crippen LogP contribution is 2.32. The van der Waals surface area contributed by atoms with Crippen molar-refractivity contribution >= 4 is 43.0 Å². The molecule has 0 spiro atoms. The number of hydrogen-bond acceptors (Lipinski definition) is 6. The monoisotopic (exact) mass is 593 g/mol. The highest BCUT2D eigenvalue weighted by Gasteiger charge is 2.29. The lowest BCUT2D eigenvalue weighted by molar-refractivity contribution is -0.114. The number of carbonyl (C=O) groups is 1. The summed E-state index contributed by atoms with van der Waals surface area (Å²) in [6.45, 7) is 5.37. The molecule has 0 aromatic heterocycles. The van der Waals surface area contributed by atoms with Crippen molar-refractivity contribution in [1.82, 2.24) is 0 Å². The average Bonchev–Trinajstić information content (AvgIpc) is 2.95. The van der Waals surface area contributed by atoms with Crippen LogP contribution in [0.15, 0.2) is 107 Å². The molecule has 0 saturated carbocycles. The summed E-state index contributed by atoms with van der Waals surface area (Å²) in [6, 6.07) is 25.3. The summed E-state index contributed by atoms with van der Waals surface area (Å²) in [7, 11) is -8.01. The Morgan fingerprint density at radius 3 is 2.05 bits per heavy atom. The van der Waals surface area contributed by atoms with Gasteiger partial charge in [-0.15, -0.1) is 0 Å². The Hall–Kier alpha value is -4.35. The maximum Gasteiger partial charge on any atom is 0.264 e. The first-order chi connectivity index (χ1) is 19.5. The molecule has 214 valence electrons. The minimum Gasteiger partial charge on any atom is -0.492 e. The van der Waals surface area contributed by atoms with Crippen molar-refractivity contribution in [2.45, 2.75) is 30.6 Å². The molecule has 4 aromatic rings. The Kier molecular flexibility index (Phi) is 8.99. The molecule has 0 saturated heterocycles. The number of hydrogen-bond donors (Lipinski definition) is 2. The van der Waals surface area contributed by atoms with Gasteiger partial charge in [0, 0.05) is 11.4 Å². The van der Waals surface area contributed by atoms with Crippen LogP contribution in [0.5, 0.6) is 5.75 Å². The molecule has 4 rings (SSSR count). The molecule has 41 heavy (non-hydrogen) atoms. The van der Waals surface area contributed by atoms with E-state index in [-0.39, 0.29) is 15.5 Å². The van der Waals surface area contributed by atoms with Crippen molar-refractivity contribution in [1.29, 1.82) is 0 Å². The molecule has 9 nitrogen and oxygen atoms in total. The van der Waals surface area contributed by atoms with E-state index in [9.17, 15) is 21.6 Å². The minimum absolute atomic E-state index is 0.00708. The van der Waals surface area contributed by atoms with Gasteiger partial charge in [-0.3, -0.25) is 13.8 Å². The zero-order valence-electron chi connectivity index (χ0n) is 22.9. The summed E-state index contributed by atoms with van der Waals surface area (Å²) in [6.07, 6.45) is 0. The topological polar surface area (TPSA) is 122 Å². The second kappa shape index (κ2) is 12.4. The van der Waals surface area contributed by atoms with E-state index in [0.29, 0.717) is 23.7 Å². The van der Waals surface area contributed by atoms with E-state index in [1.807, 2.05) is 19.9 Å². The molecule has 0 heterocycles. The smallest absolute Gasteiger partial charge is 0.264 e. The van der Waals surface area contributed by atoms with Gasteiger partial charge in [-0.2, -0.15) is 0 Å². The summed E-state index contributed by atoms with van der Waals surface area (Å²) in [5.74, 6) is -0.312. The molecule has 4 aromatic carbocycles. The van der Waals surface area contributed by atoms with E-state index in [4.69, 9.17) is 4.74 Å². The van der Waals surface area contributed by atoms with Gasteiger partial charge in [0.05, 0.1) is 22.1 Å². The molecular weight excluding hydrogens is 562 g/mol. The normalized spacial score (nSPS) is 11.5. The van der Waals surface area contributed by atoms with Crippen molar-refractivity contribution in [2.75, 3.05) is 27.5 Å². The van der Waals surface area contributed by atoms with E-state index < -0.39 is 32.5 Å². The Bertz CT molecular complexity index is 1740. The average molecular weight is 594 g/mol. The number of amides is 1. The molecule has 0 fully saturated rings. The summed E-state index contributed by atoms with van der Waals surface area (Å²) >= 11 is 0. The van der Waals surface area contributed by atoms with E-state index >= 15 is 0 Å². The largest absolute Gasteiger partial charge is 0.492 e. The van der Waals surface area contributed by atoms with Gasteiger partial charge in [-0.25, -0.2) is 16.8 Å². The van der Waals surface area contributed by atoms with E-state index in [2.05, 4.69) is 10.0 Å². The number of para-hydroxylation sites is 2. The second-order valence-corrected chi connectivity index (χ2v) is 12.7. The number of nitrogens with one attached hydrogen (secondary N) is 2. The predicted molar refractivity (Wildman–Crippen MR) is 160 cm³/mol. The molecule has 0 aliphatic heterocycles. The molecule has 11 heteroatoms. The van der Waals surface area contributed by atoms with Crippen molar-refractivity contribution in [3.63, 3.8) is 0 Å². The van der Waals surface area contributed by atoms with Crippen molar-refractivity contribution < 1.29 is 26.4 Å². The van der Waals surface area contributed by atoms with Crippen LogP contribution < -0.4 is 19.1 Å². The number of nitrogens with zero attached hydrogens (tertiary/aromatic N) is 1. The van der Waals surface area contributed by atoms with Gasteiger partial charge in [-0.1, -0.05) is 36.4 Å². The Morgan fingerprint density at radius 1 is 0.756 bits per heavy atom. The van der Waals surface area contributed by atoms with Crippen LogP contribution in [0, 0.1) is 13.8 Å². The van der Waals surface area contributed by atoms with Crippen LogP contribution in [0.1, 0.15) is 18.1 Å². The second-order valence-electron chi connectivity index (χ2n) is 9.20. The highest BCUT2D eigenvalue weighted by molar-refractivity contribution is 7.93. The lowest BCUT2D eigenvalue weighted by Gasteiger charge is -2.26. The third-order valence-electron chi connectivity index (χ3n) is 6.26. The van der Waals surface area contributed by atoms with Crippen molar-refractivity contribution in [2.24, 2.45) is 0 Å². The van der Waals surface area contributed by atoms with Crippen LogP contribution in [0.4, 0.5) is 17.1 Å². The van der Waals surface area contributed by atoms with Crippen LogP contribution in [-0.2, 0) is 24.8 Å². The van der Waals surface area contributed by atoms with Crippen LogP contribution in [0.2, 0.25) is 0 Å². The summed E-state index contributed by atoms with van der Waals surface area (Å²) in [4.78, 5) is 13.2. The van der Waals surface area contributed by atoms with Gasteiger partial charge in [0.1, 0.15) is 12.3 Å². The lowest BCUT2D eigenvalue weighted by Crippen LogP contribution is -2.38. The molecule has 0 bridgehead atoms. The van der Waals surface area contributed by atoms with Crippen LogP contribution in [0.3, 0.4) is 0 Å². The molecule has 2 N–H and O–H groups in total. The first-order valence-electron chi connectivity index (χ1n) is 12.8. The third-order valence-corrected chi connectivity index (χ3v) is 9.43. The zero-order valence-corrected chi connectivity index (χ0v) is 24.5. The quantitative estimate of drug-likeness (QED) is 0.242. The Labute approximate surface area is 240 Å². The summed E-state index contributed by atoms with van der Waals surface area (Å²) < 4.78 is 62.2. The number of aryl methyl sites for hydroxylation is 2. The Balaban J connectivity index is 1.55. The first-order valence-corrected chi connectivity index (χ1v) is 15.7. The van der Waals surface area contributed by atoms with E-state index in [1.165, 1.54) is 36.4 Å². The fourth-order valence-electron chi connectivity index (χ4n) is 4.03. The van der Waals surface area contributed by atoms with Gasteiger partial charge >= 0.3 is 0 Å². The Morgan fingerprint density at radius 2 is 1.39 bits per heavy atom. The number of sulfonamides is 2. The van der Waals surface area contributed by atoms with Gasteiger partial charge < -0.3 is 10.1 Å². The highest BCUT2D eigenvalue weighted by atomic mass is 32.2. The van der Waals surface area contributed by atoms with Gasteiger partial charge in [0.15, 0.2) is 0 Å². The SMILES string of the molecule is CCOc1ccccc1N(CC(=O)Nc1ccc(S(=O)(=O)Nc2ccc(C)c(C)c2)cc1)S(=O)(=O)c1ccccc1. The fraction of sp³-hybridized carbons (Fsp3) is 0.167. The van der Waals surface area contributed by atoms with Crippen LogP contribution in [-0.4, -0.2) is 35.9 Å². The standard InChI is InChI=1S/C30H31N3O6S2/c1-4-39-29-13-9-8-12-28(29)33(41(37,38)27-10-6-5-7-11-27)21-30(34)31-24-16-18-26(19-17-24)40(35,36)32-25-15-14-22(2)23(3)20-25/h5-20,32H,4,21H2,1-3H3,(H,31,34). The summed E-state index contributed by atoms with van der Waals surface area (Å²) in [5, 5.41) is 2.66. The number of rotatable bonds is 11. The minimum atomic E-state index is -4.14. The molecule has 0 unspecified atom stereocenters. The molecule has 0 aliphatic carbocycles. The van der Waals surface area contributed by atoms with Crippen molar-refractivity contribution in [3.8, 4) is 5.75 Å². The number of benzene rings is 4. The molecular formula is C30H31N3O6S2. The van der Waals surface area contributed by atoms with E-state index in [1.54, 1.807) is 61.5 Å². The third kappa shape index (κ3) is 7.05. The number of ether oxygens (including phenoxy) is 1. The predicted octanol–water partition coefficient (Wildman–Crippen LogP) is 5.34.